The molecule has 4 nitrogen and oxygen atoms in total. The van der Waals surface area contributed by atoms with Crippen molar-refractivity contribution in [2.24, 2.45) is 5.41 Å². The van der Waals surface area contributed by atoms with Gasteiger partial charge >= 0.3 is 0 Å². The summed E-state index contributed by atoms with van der Waals surface area (Å²) in [6.45, 7) is 5.94. The molecule has 4 heteroatoms. The number of aromatic nitrogens is 1. The number of carbonyl (C=O) groups excluding carboxylic acids is 1. The summed E-state index contributed by atoms with van der Waals surface area (Å²) in [7, 11) is 0. The van der Waals surface area contributed by atoms with Crippen LogP contribution in [0.1, 0.15) is 49.2 Å². The average Bonchev–Trinajstić information content (AvgIpc) is 2.46. The van der Waals surface area contributed by atoms with Crippen molar-refractivity contribution >= 4 is 5.91 Å². The predicted molar refractivity (Wildman–Crippen MR) is 81.7 cm³/mol. The molecule has 0 saturated carbocycles. The lowest BCUT2D eigenvalue weighted by Gasteiger charge is -2.37. The zero-order valence-electron chi connectivity index (χ0n) is 12.7. The molecule has 1 fully saturated rings. The average molecular weight is 286 g/mol. The molecule has 2 rings (SSSR count). The van der Waals surface area contributed by atoms with Gasteiger partial charge in [-0.1, -0.05) is 25.7 Å². The molecule has 1 aliphatic rings. The van der Waals surface area contributed by atoms with Gasteiger partial charge in [-0.3, -0.25) is 4.79 Å². The molecule has 2 heterocycles. The second-order valence-corrected chi connectivity index (χ2v) is 6.17. The van der Waals surface area contributed by atoms with Crippen LogP contribution in [0.3, 0.4) is 0 Å². The van der Waals surface area contributed by atoms with E-state index >= 15 is 0 Å². The maximum atomic E-state index is 12.7. The van der Waals surface area contributed by atoms with Crippen molar-refractivity contribution in [3.8, 4) is 11.8 Å². The van der Waals surface area contributed by atoms with Crippen molar-refractivity contribution in [1.29, 1.82) is 0 Å². The number of piperidine rings is 1. The van der Waals surface area contributed by atoms with E-state index in [9.17, 15) is 4.79 Å². The molecule has 1 aliphatic heterocycles. The normalized spacial score (nSPS) is 17.0. The summed E-state index contributed by atoms with van der Waals surface area (Å²) >= 11 is 0. The van der Waals surface area contributed by atoms with E-state index in [1.54, 1.807) is 18.3 Å². The van der Waals surface area contributed by atoms with Gasteiger partial charge in [-0.2, -0.15) is 0 Å². The van der Waals surface area contributed by atoms with E-state index in [0.29, 0.717) is 17.7 Å². The van der Waals surface area contributed by atoms with Crippen molar-refractivity contribution in [1.82, 2.24) is 9.88 Å². The fourth-order valence-corrected chi connectivity index (χ4v) is 2.64. The van der Waals surface area contributed by atoms with E-state index in [2.05, 4.69) is 30.7 Å². The van der Waals surface area contributed by atoms with Crippen LogP contribution in [0.15, 0.2) is 18.3 Å². The number of carbonyl (C=O) groups is 1. The zero-order valence-corrected chi connectivity index (χ0v) is 12.7. The first-order valence-corrected chi connectivity index (χ1v) is 7.37. The number of nitrogens with zero attached hydrogens (tertiary/aromatic N) is 2. The minimum Gasteiger partial charge on any atom is -0.395 e. The summed E-state index contributed by atoms with van der Waals surface area (Å²) in [6, 6.07) is 3.58. The third kappa shape index (κ3) is 4.05. The molecule has 0 unspecified atom stereocenters. The van der Waals surface area contributed by atoms with Gasteiger partial charge in [-0.25, -0.2) is 4.98 Å². The van der Waals surface area contributed by atoms with Crippen LogP contribution in [0.4, 0.5) is 0 Å². The van der Waals surface area contributed by atoms with Gasteiger partial charge in [-0.05, 0) is 30.4 Å². The molecule has 1 saturated heterocycles. The molecule has 1 aromatic heterocycles. The number of aliphatic hydroxyl groups is 1. The van der Waals surface area contributed by atoms with Crippen molar-refractivity contribution in [2.75, 3.05) is 19.7 Å². The molecule has 0 atom stereocenters. The first kappa shape index (κ1) is 15.5. The van der Waals surface area contributed by atoms with E-state index in [1.165, 1.54) is 0 Å². The molecular formula is C17H22N2O2. The third-order valence-electron chi connectivity index (χ3n) is 3.66. The maximum absolute atomic E-state index is 12.7. The summed E-state index contributed by atoms with van der Waals surface area (Å²) in [5.74, 6) is 5.75. The summed E-state index contributed by atoms with van der Waals surface area (Å²) < 4.78 is 0. The number of aliphatic hydroxyl groups excluding tert-OH is 1. The van der Waals surface area contributed by atoms with E-state index in [0.717, 1.165) is 25.9 Å². The lowest BCUT2D eigenvalue weighted by Crippen LogP contribution is -2.44. The Morgan fingerprint density at radius 3 is 3.05 bits per heavy atom. The van der Waals surface area contributed by atoms with Crippen LogP contribution in [0.2, 0.25) is 0 Å². The van der Waals surface area contributed by atoms with Gasteiger partial charge in [0.15, 0.2) is 0 Å². The molecular weight excluding hydrogens is 264 g/mol. The lowest BCUT2D eigenvalue weighted by atomic mass is 9.84. The Kier molecular flexibility index (Phi) is 4.98. The molecule has 0 aliphatic carbocycles. The summed E-state index contributed by atoms with van der Waals surface area (Å²) in [6.07, 6.45) is 4.19. The Morgan fingerprint density at radius 2 is 2.33 bits per heavy atom. The van der Waals surface area contributed by atoms with Gasteiger partial charge in [0.2, 0.25) is 0 Å². The minimum atomic E-state index is -0.0447. The molecule has 1 aromatic rings. The fourth-order valence-electron chi connectivity index (χ4n) is 2.64. The smallest absolute Gasteiger partial charge is 0.273 e. The largest absolute Gasteiger partial charge is 0.395 e. The van der Waals surface area contributed by atoms with Crippen molar-refractivity contribution < 1.29 is 9.90 Å². The Morgan fingerprint density at radius 1 is 1.52 bits per heavy atom. The number of hydrogen-bond donors (Lipinski definition) is 1. The van der Waals surface area contributed by atoms with E-state index in [-0.39, 0.29) is 17.9 Å². The van der Waals surface area contributed by atoms with E-state index in [1.807, 2.05) is 4.90 Å². The number of likely N-dealkylation sites (tertiary alicyclic amines) is 1. The first-order chi connectivity index (χ1) is 10.0. The van der Waals surface area contributed by atoms with Gasteiger partial charge in [0.1, 0.15) is 5.69 Å². The Labute approximate surface area is 126 Å². The Hall–Kier alpha value is -1.86. The molecule has 0 aromatic carbocycles. The molecule has 112 valence electrons. The van der Waals surface area contributed by atoms with Gasteiger partial charge < -0.3 is 10.0 Å². The van der Waals surface area contributed by atoms with Crippen LogP contribution < -0.4 is 0 Å². The van der Waals surface area contributed by atoms with Crippen LogP contribution in [0.5, 0.6) is 0 Å². The van der Waals surface area contributed by atoms with Gasteiger partial charge in [0.25, 0.3) is 5.91 Å². The second-order valence-electron chi connectivity index (χ2n) is 6.17. The third-order valence-corrected chi connectivity index (χ3v) is 3.66. The molecule has 0 radical (unpaired) electrons. The number of rotatable bonds is 2. The predicted octanol–water partition coefficient (Wildman–Crippen LogP) is 2.08. The standard InChI is InChI=1S/C17H22N2O2/c1-17(2)9-6-11-19(13-17)16(21)15-14(7-3-4-12-20)8-5-10-18-15/h5,8,10,20H,4,6,9,11-13H2,1-2H3. The van der Waals surface area contributed by atoms with Gasteiger partial charge in [0.05, 0.1) is 12.2 Å². The first-order valence-electron chi connectivity index (χ1n) is 7.37. The van der Waals surface area contributed by atoms with Crippen LogP contribution >= 0.6 is 0 Å². The van der Waals surface area contributed by atoms with Crippen molar-refractivity contribution in [3.63, 3.8) is 0 Å². The van der Waals surface area contributed by atoms with Gasteiger partial charge in [0, 0.05) is 25.7 Å². The summed E-state index contributed by atoms with van der Waals surface area (Å²) in [5, 5.41) is 8.79. The minimum absolute atomic E-state index is 0.0247. The summed E-state index contributed by atoms with van der Waals surface area (Å²) in [5.41, 5.74) is 1.21. The zero-order chi connectivity index (χ0) is 15.3. The molecule has 21 heavy (non-hydrogen) atoms. The molecule has 1 amide bonds. The highest BCUT2D eigenvalue weighted by Gasteiger charge is 2.30. The van der Waals surface area contributed by atoms with E-state index < -0.39 is 0 Å². The molecule has 0 bridgehead atoms. The van der Waals surface area contributed by atoms with Crippen LogP contribution in [0, 0.1) is 17.3 Å². The van der Waals surface area contributed by atoms with Crippen molar-refractivity contribution in [2.45, 2.75) is 33.1 Å². The highest BCUT2D eigenvalue weighted by molar-refractivity contribution is 5.94. The quantitative estimate of drug-likeness (QED) is 0.847. The van der Waals surface area contributed by atoms with E-state index in [4.69, 9.17) is 5.11 Å². The highest BCUT2D eigenvalue weighted by atomic mass is 16.2. The fraction of sp³-hybridized carbons (Fsp3) is 0.529. The summed E-state index contributed by atoms with van der Waals surface area (Å²) in [4.78, 5) is 18.8. The Balaban J connectivity index is 2.21. The second kappa shape index (κ2) is 6.73. The lowest BCUT2D eigenvalue weighted by molar-refractivity contribution is 0.0577. The molecule has 0 spiro atoms. The monoisotopic (exact) mass is 286 g/mol. The number of pyridine rings is 1. The SMILES string of the molecule is CC1(C)CCCN(C(=O)c2ncccc2C#CCCO)C1. The van der Waals surface area contributed by atoms with Crippen LogP contribution in [-0.4, -0.2) is 40.6 Å². The van der Waals surface area contributed by atoms with Gasteiger partial charge in [-0.15, -0.1) is 0 Å². The number of hydrogen-bond acceptors (Lipinski definition) is 3. The number of amides is 1. The topological polar surface area (TPSA) is 53.4 Å². The van der Waals surface area contributed by atoms with Crippen LogP contribution in [-0.2, 0) is 0 Å². The Bertz CT molecular complexity index is 570. The van der Waals surface area contributed by atoms with Crippen molar-refractivity contribution in [3.05, 3.63) is 29.6 Å². The maximum Gasteiger partial charge on any atom is 0.273 e. The van der Waals surface area contributed by atoms with Crippen LogP contribution in [0.25, 0.3) is 0 Å². The highest BCUT2D eigenvalue weighted by Crippen LogP contribution is 2.29. The molecule has 1 N–H and O–H groups in total.